The van der Waals surface area contributed by atoms with E-state index in [4.69, 9.17) is 9.47 Å². The van der Waals surface area contributed by atoms with E-state index in [2.05, 4.69) is 5.32 Å². The molecule has 2 aromatic carbocycles. The fraction of sp³-hybridized carbons (Fsp3) is 0.348. The van der Waals surface area contributed by atoms with Gasteiger partial charge in [0, 0.05) is 30.7 Å². The largest absolute Gasteiger partial charge is 0.459 e. The minimum Gasteiger partial charge on any atom is -0.459 e. The van der Waals surface area contributed by atoms with Crippen LogP contribution in [-0.4, -0.2) is 30.5 Å². The number of hydrogen-bond donors (Lipinski definition) is 2. The molecule has 1 heterocycles. The molecule has 2 aromatic rings. The number of allylic oxidation sites excluding steroid dienone is 1. The van der Waals surface area contributed by atoms with E-state index >= 15 is 0 Å². The van der Waals surface area contributed by atoms with Gasteiger partial charge in [0.05, 0.1) is 0 Å². The molecule has 1 amide bonds. The standard InChI is InChI=1S/C23H26FNO4/c1-2-28-23-19(9-6-14-26)20(16-10-12-17(24)13-11-16)15-21(29-23)22(27)25-18-7-4-3-5-8-18/h3-5,7-8,10-13,15,19-20,23,26H,2,6,9,14H2,1H3,(H,25,27)/t19-,20+,23+/m0/s1. The first kappa shape index (κ1) is 21.0. The number of ether oxygens (including phenoxy) is 2. The van der Waals surface area contributed by atoms with Gasteiger partial charge in [0.1, 0.15) is 5.82 Å². The van der Waals surface area contributed by atoms with Gasteiger partial charge in [-0.25, -0.2) is 4.39 Å². The van der Waals surface area contributed by atoms with E-state index in [-0.39, 0.29) is 35.9 Å². The van der Waals surface area contributed by atoms with Crippen molar-refractivity contribution in [3.8, 4) is 0 Å². The minimum absolute atomic E-state index is 0.0521. The zero-order valence-corrected chi connectivity index (χ0v) is 16.4. The van der Waals surface area contributed by atoms with Crippen LogP contribution < -0.4 is 5.32 Å². The van der Waals surface area contributed by atoms with Crippen molar-refractivity contribution in [1.29, 1.82) is 0 Å². The Balaban J connectivity index is 1.92. The second kappa shape index (κ2) is 10.2. The van der Waals surface area contributed by atoms with Crippen LogP contribution in [0.3, 0.4) is 0 Å². The highest BCUT2D eigenvalue weighted by Gasteiger charge is 2.37. The summed E-state index contributed by atoms with van der Waals surface area (Å²) in [4.78, 5) is 12.8. The number of para-hydroxylation sites is 1. The van der Waals surface area contributed by atoms with Crippen molar-refractivity contribution in [2.75, 3.05) is 18.5 Å². The lowest BCUT2D eigenvalue weighted by Gasteiger charge is -2.37. The number of aliphatic hydroxyl groups is 1. The molecular weight excluding hydrogens is 373 g/mol. The third kappa shape index (κ3) is 5.43. The molecule has 0 spiro atoms. The third-order valence-corrected chi connectivity index (χ3v) is 4.92. The van der Waals surface area contributed by atoms with Gasteiger partial charge in [0.2, 0.25) is 6.29 Å². The molecule has 0 bridgehead atoms. The number of halogens is 1. The molecule has 3 rings (SSSR count). The number of anilines is 1. The summed E-state index contributed by atoms with van der Waals surface area (Å²) in [5.74, 6) is -0.833. The Hall–Kier alpha value is -2.70. The molecule has 0 saturated heterocycles. The first-order valence-corrected chi connectivity index (χ1v) is 9.85. The van der Waals surface area contributed by atoms with Gasteiger partial charge in [-0.15, -0.1) is 0 Å². The van der Waals surface area contributed by atoms with Gasteiger partial charge in [-0.05, 0) is 55.7 Å². The van der Waals surface area contributed by atoms with Gasteiger partial charge in [-0.2, -0.15) is 0 Å². The van der Waals surface area contributed by atoms with E-state index in [0.29, 0.717) is 25.1 Å². The van der Waals surface area contributed by atoms with Crippen LogP contribution >= 0.6 is 0 Å². The molecule has 0 aromatic heterocycles. The lowest BCUT2D eigenvalue weighted by atomic mass is 9.80. The number of carbonyl (C=O) groups excluding carboxylic acids is 1. The van der Waals surface area contributed by atoms with E-state index in [1.807, 2.05) is 25.1 Å². The number of amides is 1. The molecule has 3 atom stereocenters. The van der Waals surface area contributed by atoms with Crippen molar-refractivity contribution >= 4 is 11.6 Å². The Morgan fingerprint density at radius 3 is 2.55 bits per heavy atom. The number of aliphatic hydroxyl groups excluding tert-OH is 1. The lowest BCUT2D eigenvalue weighted by molar-refractivity contribution is -0.165. The third-order valence-electron chi connectivity index (χ3n) is 4.92. The van der Waals surface area contributed by atoms with Crippen LogP contribution in [0.15, 0.2) is 66.4 Å². The molecule has 2 N–H and O–H groups in total. The van der Waals surface area contributed by atoms with Crippen LogP contribution in [0.25, 0.3) is 0 Å². The molecule has 0 radical (unpaired) electrons. The van der Waals surface area contributed by atoms with Crippen LogP contribution in [0.1, 0.15) is 31.2 Å². The summed E-state index contributed by atoms with van der Waals surface area (Å²) in [6.07, 6.45) is 2.36. The summed E-state index contributed by atoms with van der Waals surface area (Å²) in [7, 11) is 0. The number of nitrogens with one attached hydrogen (secondary N) is 1. The summed E-state index contributed by atoms with van der Waals surface area (Å²) >= 11 is 0. The lowest BCUT2D eigenvalue weighted by Crippen LogP contribution is -2.37. The second-order valence-electron chi connectivity index (χ2n) is 6.90. The molecule has 29 heavy (non-hydrogen) atoms. The summed E-state index contributed by atoms with van der Waals surface area (Å²) in [5.41, 5.74) is 1.53. The Morgan fingerprint density at radius 2 is 1.90 bits per heavy atom. The Kier molecular flexibility index (Phi) is 7.38. The topological polar surface area (TPSA) is 67.8 Å². The summed E-state index contributed by atoms with van der Waals surface area (Å²) in [6, 6.07) is 15.4. The Morgan fingerprint density at radius 1 is 1.17 bits per heavy atom. The number of rotatable bonds is 8. The zero-order chi connectivity index (χ0) is 20.6. The molecule has 0 fully saturated rings. The van der Waals surface area contributed by atoms with E-state index < -0.39 is 6.29 Å². The Bertz CT molecular complexity index is 823. The predicted octanol–water partition coefficient (Wildman–Crippen LogP) is 4.21. The average molecular weight is 399 g/mol. The van der Waals surface area contributed by atoms with Crippen molar-refractivity contribution < 1.29 is 23.8 Å². The van der Waals surface area contributed by atoms with Crippen molar-refractivity contribution in [1.82, 2.24) is 0 Å². The molecule has 1 aliphatic rings. The van der Waals surface area contributed by atoms with Gasteiger partial charge >= 0.3 is 0 Å². The first-order valence-electron chi connectivity index (χ1n) is 9.85. The van der Waals surface area contributed by atoms with E-state index in [1.165, 1.54) is 12.1 Å². The second-order valence-corrected chi connectivity index (χ2v) is 6.90. The van der Waals surface area contributed by atoms with Crippen LogP contribution in [0.4, 0.5) is 10.1 Å². The van der Waals surface area contributed by atoms with Gasteiger partial charge in [0.25, 0.3) is 5.91 Å². The summed E-state index contributed by atoms with van der Waals surface area (Å²) in [6.45, 7) is 2.34. The van der Waals surface area contributed by atoms with Gasteiger partial charge in [0.15, 0.2) is 5.76 Å². The van der Waals surface area contributed by atoms with Crippen molar-refractivity contribution in [2.24, 2.45) is 5.92 Å². The van der Waals surface area contributed by atoms with Gasteiger partial charge in [-0.3, -0.25) is 4.79 Å². The number of hydrogen-bond acceptors (Lipinski definition) is 4. The van der Waals surface area contributed by atoms with Crippen molar-refractivity contribution in [3.05, 3.63) is 77.8 Å². The maximum absolute atomic E-state index is 13.4. The SMILES string of the molecule is CCO[C@@H]1OC(C(=O)Nc2ccccc2)=C[C@H](c2ccc(F)cc2)[C@@H]1CCCO. The number of benzene rings is 2. The quantitative estimate of drug-likeness (QED) is 0.698. The summed E-state index contributed by atoms with van der Waals surface area (Å²) in [5, 5.41) is 12.1. The van der Waals surface area contributed by atoms with Gasteiger partial charge in [-0.1, -0.05) is 30.3 Å². The molecular formula is C23H26FNO4. The van der Waals surface area contributed by atoms with Crippen LogP contribution in [0.2, 0.25) is 0 Å². The molecule has 0 aliphatic carbocycles. The fourth-order valence-corrected chi connectivity index (χ4v) is 3.54. The smallest absolute Gasteiger partial charge is 0.290 e. The molecule has 1 aliphatic heterocycles. The zero-order valence-electron chi connectivity index (χ0n) is 16.4. The Labute approximate surface area is 170 Å². The highest BCUT2D eigenvalue weighted by molar-refractivity contribution is 6.02. The maximum Gasteiger partial charge on any atom is 0.290 e. The monoisotopic (exact) mass is 399 g/mol. The maximum atomic E-state index is 13.4. The molecule has 0 saturated carbocycles. The van der Waals surface area contributed by atoms with E-state index in [1.54, 1.807) is 30.3 Å². The van der Waals surface area contributed by atoms with Crippen LogP contribution in [0, 0.1) is 11.7 Å². The molecule has 6 heteroatoms. The number of carbonyl (C=O) groups is 1. The normalized spacial score (nSPS) is 21.2. The van der Waals surface area contributed by atoms with Crippen LogP contribution in [0.5, 0.6) is 0 Å². The van der Waals surface area contributed by atoms with E-state index in [0.717, 1.165) is 5.56 Å². The minimum atomic E-state index is -0.636. The first-order chi connectivity index (χ1) is 14.1. The average Bonchev–Trinajstić information content (AvgIpc) is 2.74. The predicted molar refractivity (Wildman–Crippen MR) is 109 cm³/mol. The summed E-state index contributed by atoms with van der Waals surface area (Å²) < 4.78 is 25.2. The highest BCUT2D eigenvalue weighted by atomic mass is 19.1. The van der Waals surface area contributed by atoms with Crippen molar-refractivity contribution in [3.63, 3.8) is 0 Å². The molecule has 154 valence electrons. The van der Waals surface area contributed by atoms with Crippen molar-refractivity contribution in [2.45, 2.75) is 32.0 Å². The van der Waals surface area contributed by atoms with E-state index in [9.17, 15) is 14.3 Å². The van der Waals surface area contributed by atoms with Crippen LogP contribution in [-0.2, 0) is 14.3 Å². The fourth-order valence-electron chi connectivity index (χ4n) is 3.54. The molecule has 5 nitrogen and oxygen atoms in total. The highest BCUT2D eigenvalue weighted by Crippen LogP contribution is 2.39. The van der Waals surface area contributed by atoms with Gasteiger partial charge < -0.3 is 19.9 Å². The molecule has 0 unspecified atom stereocenters.